The predicted octanol–water partition coefficient (Wildman–Crippen LogP) is 1.83. The SMILES string of the molecule is CCCCCCNC(=O)NC(=O)c1ccc2c(c1)CN(C1CCC(=O)NC1=O)C2. The van der Waals surface area contributed by atoms with Crippen molar-refractivity contribution < 1.29 is 19.2 Å². The van der Waals surface area contributed by atoms with Gasteiger partial charge >= 0.3 is 6.03 Å². The van der Waals surface area contributed by atoms with E-state index < -0.39 is 11.9 Å². The first-order valence-corrected chi connectivity index (χ1v) is 10.3. The van der Waals surface area contributed by atoms with Crippen molar-refractivity contribution in [2.45, 2.75) is 64.6 Å². The standard InChI is InChI=1S/C21H28N4O4/c1-2-3-4-5-10-22-21(29)24-19(27)14-6-7-15-12-25(13-16(15)11-14)17-8-9-18(26)23-20(17)28/h6-7,11,17H,2-5,8-10,12-13H2,1H3,(H,23,26,28)(H2,22,24,27,29). The number of nitrogens with one attached hydrogen (secondary N) is 3. The molecule has 2 aliphatic rings. The molecule has 3 rings (SSSR count). The molecule has 0 aromatic heterocycles. The molecule has 0 aliphatic carbocycles. The Kier molecular flexibility index (Phi) is 6.98. The van der Waals surface area contributed by atoms with Crippen LogP contribution < -0.4 is 16.0 Å². The van der Waals surface area contributed by atoms with E-state index in [9.17, 15) is 19.2 Å². The molecule has 8 heteroatoms. The van der Waals surface area contributed by atoms with Gasteiger partial charge in [0.15, 0.2) is 0 Å². The summed E-state index contributed by atoms with van der Waals surface area (Å²) in [5, 5.41) is 7.45. The molecular weight excluding hydrogens is 372 g/mol. The molecule has 0 radical (unpaired) electrons. The molecule has 1 aromatic rings. The van der Waals surface area contributed by atoms with Crippen LogP contribution in [-0.2, 0) is 22.7 Å². The highest BCUT2D eigenvalue weighted by atomic mass is 16.2. The molecule has 3 N–H and O–H groups in total. The summed E-state index contributed by atoms with van der Waals surface area (Å²) in [6.45, 7) is 3.80. The second-order valence-corrected chi connectivity index (χ2v) is 7.63. The number of carbonyl (C=O) groups excluding carboxylic acids is 4. The molecule has 0 bridgehead atoms. The van der Waals surface area contributed by atoms with Gasteiger partial charge in [0.1, 0.15) is 0 Å². The van der Waals surface area contributed by atoms with E-state index in [1.165, 1.54) is 0 Å². The minimum atomic E-state index is -0.489. The van der Waals surface area contributed by atoms with Crippen molar-refractivity contribution >= 4 is 23.8 Å². The van der Waals surface area contributed by atoms with E-state index in [0.29, 0.717) is 38.0 Å². The van der Waals surface area contributed by atoms with E-state index in [1.54, 1.807) is 12.1 Å². The summed E-state index contributed by atoms with van der Waals surface area (Å²) in [5.41, 5.74) is 2.42. The highest BCUT2D eigenvalue weighted by Crippen LogP contribution is 2.28. The number of carbonyl (C=O) groups is 4. The predicted molar refractivity (Wildman–Crippen MR) is 107 cm³/mol. The summed E-state index contributed by atoms with van der Waals surface area (Å²) in [6.07, 6.45) is 5.05. The van der Waals surface area contributed by atoms with Crippen molar-refractivity contribution in [1.82, 2.24) is 20.9 Å². The quantitative estimate of drug-likeness (QED) is 0.478. The highest BCUT2D eigenvalue weighted by Gasteiger charge is 2.34. The number of fused-ring (bicyclic) bond motifs is 1. The second kappa shape index (κ2) is 9.65. The number of nitrogens with zero attached hydrogens (tertiary/aromatic N) is 1. The first kappa shape index (κ1) is 21.0. The number of imide groups is 2. The molecular formula is C21H28N4O4. The molecule has 0 spiro atoms. The summed E-state index contributed by atoms with van der Waals surface area (Å²) in [5.74, 6) is -0.938. The van der Waals surface area contributed by atoms with E-state index in [-0.39, 0.29) is 17.9 Å². The molecule has 2 aliphatic heterocycles. The number of benzene rings is 1. The molecule has 0 saturated carbocycles. The summed E-state index contributed by atoms with van der Waals surface area (Å²) in [7, 11) is 0. The Morgan fingerprint density at radius 1 is 1.14 bits per heavy atom. The Bertz CT molecular complexity index is 808. The zero-order valence-corrected chi connectivity index (χ0v) is 16.8. The van der Waals surface area contributed by atoms with Gasteiger partial charge in [-0.2, -0.15) is 0 Å². The van der Waals surface area contributed by atoms with Crippen LogP contribution >= 0.6 is 0 Å². The van der Waals surface area contributed by atoms with Gasteiger partial charge in [0, 0.05) is 31.6 Å². The maximum Gasteiger partial charge on any atom is 0.321 e. The lowest BCUT2D eigenvalue weighted by atomic mass is 10.0. The molecule has 1 unspecified atom stereocenters. The number of urea groups is 1. The van der Waals surface area contributed by atoms with Gasteiger partial charge in [-0.3, -0.25) is 29.9 Å². The van der Waals surface area contributed by atoms with E-state index in [2.05, 4.69) is 22.9 Å². The average Bonchev–Trinajstić information content (AvgIpc) is 3.10. The van der Waals surface area contributed by atoms with Crippen LogP contribution in [0.5, 0.6) is 0 Å². The highest BCUT2D eigenvalue weighted by molar-refractivity contribution is 6.04. The zero-order valence-electron chi connectivity index (χ0n) is 16.8. The van der Waals surface area contributed by atoms with Gasteiger partial charge in [-0.25, -0.2) is 4.79 Å². The summed E-state index contributed by atoms with van der Waals surface area (Å²) >= 11 is 0. The van der Waals surface area contributed by atoms with Crippen molar-refractivity contribution in [2.24, 2.45) is 0 Å². The minimum Gasteiger partial charge on any atom is -0.338 e. The largest absolute Gasteiger partial charge is 0.338 e. The third kappa shape index (κ3) is 5.41. The first-order chi connectivity index (χ1) is 14.0. The lowest BCUT2D eigenvalue weighted by Crippen LogP contribution is -2.50. The molecule has 1 fully saturated rings. The van der Waals surface area contributed by atoms with Crippen molar-refractivity contribution in [2.75, 3.05) is 6.54 Å². The zero-order chi connectivity index (χ0) is 20.8. The number of hydrogen-bond donors (Lipinski definition) is 3. The maximum absolute atomic E-state index is 12.4. The van der Waals surface area contributed by atoms with Gasteiger partial charge in [0.2, 0.25) is 11.8 Å². The van der Waals surface area contributed by atoms with E-state index in [1.807, 2.05) is 11.0 Å². The fourth-order valence-electron chi connectivity index (χ4n) is 3.79. The average molecular weight is 400 g/mol. The van der Waals surface area contributed by atoms with Gasteiger partial charge in [-0.1, -0.05) is 32.3 Å². The Balaban J connectivity index is 1.53. The van der Waals surface area contributed by atoms with Crippen LogP contribution in [0.4, 0.5) is 4.79 Å². The molecule has 1 atom stereocenters. The van der Waals surface area contributed by atoms with Crippen LogP contribution in [0.1, 0.15) is 66.9 Å². The van der Waals surface area contributed by atoms with Gasteiger partial charge in [-0.15, -0.1) is 0 Å². The smallest absolute Gasteiger partial charge is 0.321 e. The number of amides is 5. The fraction of sp³-hybridized carbons (Fsp3) is 0.524. The number of unbranched alkanes of at least 4 members (excludes halogenated alkanes) is 3. The van der Waals surface area contributed by atoms with Gasteiger partial charge in [0.25, 0.3) is 5.91 Å². The lowest BCUT2D eigenvalue weighted by molar-refractivity contribution is -0.137. The monoisotopic (exact) mass is 400 g/mol. The molecule has 2 heterocycles. The van der Waals surface area contributed by atoms with E-state index >= 15 is 0 Å². The van der Waals surface area contributed by atoms with Crippen LogP contribution in [-0.4, -0.2) is 41.2 Å². The maximum atomic E-state index is 12.4. The van der Waals surface area contributed by atoms with Crippen LogP contribution in [0.15, 0.2) is 18.2 Å². The number of piperidine rings is 1. The van der Waals surface area contributed by atoms with Crippen LogP contribution in [0.2, 0.25) is 0 Å². The van der Waals surface area contributed by atoms with Crippen LogP contribution in [0.3, 0.4) is 0 Å². The summed E-state index contributed by atoms with van der Waals surface area (Å²) in [6, 6.07) is 4.49. The Labute approximate surface area is 170 Å². The van der Waals surface area contributed by atoms with Crippen molar-refractivity contribution in [3.63, 3.8) is 0 Å². The molecule has 1 saturated heterocycles. The third-order valence-corrected chi connectivity index (χ3v) is 5.41. The van der Waals surface area contributed by atoms with Crippen molar-refractivity contribution in [3.8, 4) is 0 Å². The minimum absolute atomic E-state index is 0.231. The number of hydrogen-bond acceptors (Lipinski definition) is 5. The Morgan fingerprint density at radius 2 is 1.93 bits per heavy atom. The second-order valence-electron chi connectivity index (χ2n) is 7.63. The third-order valence-electron chi connectivity index (χ3n) is 5.41. The molecule has 156 valence electrons. The molecule has 8 nitrogen and oxygen atoms in total. The number of rotatable bonds is 7. The van der Waals surface area contributed by atoms with Crippen molar-refractivity contribution in [3.05, 3.63) is 34.9 Å². The van der Waals surface area contributed by atoms with Crippen LogP contribution in [0.25, 0.3) is 0 Å². The normalized spacial score (nSPS) is 18.9. The summed E-state index contributed by atoms with van der Waals surface area (Å²) in [4.78, 5) is 49.7. The Hall–Kier alpha value is -2.74. The van der Waals surface area contributed by atoms with Gasteiger partial charge in [0.05, 0.1) is 6.04 Å². The summed E-state index contributed by atoms with van der Waals surface area (Å²) < 4.78 is 0. The van der Waals surface area contributed by atoms with E-state index in [4.69, 9.17) is 0 Å². The first-order valence-electron chi connectivity index (χ1n) is 10.3. The topological polar surface area (TPSA) is 108 Å². The van der Waals surface area contributed by atoms with Crippen LogP contribution in [0, 0.1) is 0 Å². The van der Waals surface area contributed by atoms with Gasteiger partial charge < -0.3 is 5.32 Å². The molecule has 29 heavy (non-hydrogen) atoms. The molecule has 5 amide bonds. The Morgan fingerprint density at radius 3 is 2.69 bits per heavy atom. The fourth-order valence-corrected chi connectivity index (χ4v) is 3.79. The lowest BCUT2D eigenvalue weighted by Gasteiger charge is -2.29. The van der Waals surface area contributed by atoms with Crippen molar-refractivity contribution in [1.29, 1.82) is 0 Å². The van der Waals surface area contributed by atoms with E-state index in [0.717, 1.165) is 36.8 Å². The molecule has 1 aromatic carbocycles. The van der Waals surface area contributed by atoms with Gasteiger partial charge in [-0.05, 0) is 36.1 Å².